The van der Waals surface area contributed by atoms with Crippen LogP contribution in [0.5, 0.6) is 28.7 Å². The largest absolute Gasteiger partial charge is 0.493 e. The summed E-state index contributed by atoms with van der Waals surface area (Å²) in [7, 11) is 0.392. The number of rotatable bonds is 6. The molecule has 0 radical (unpaired) electrons. The summed E-state index contributed by atoms with van der Waals surface area (Å²) in [6, 6.07) is 7.55. The summed E-state index contributed by atoms with van der Waals surface area (Å²) in [5, 5.41) is 0. The van der Waals surface area contributed by atoms with E-state index in [1.165, 1.54) is 33.5 Å². The Bertz CT molecular complexity index is 886. The van der Waals surface area contributed by atoms with Crippen LogP contribution >= 0.6 is 0 Å². The number of fused-ring (bicyclic) bond motifs is 1. The van der Waals surface area contributed by atoms with E-state index in [0.29, 0.717) is 36.1 Å². The summed E-state index contributed by atoms with van der Waals surface area (Å²) in [6.45, 7) is 0.875. The zero-order chi connectivity index (χ0) is 18.7. The van der Waals surface area contributed by atoms with Crippen LogP contribution < -0.4 is 28.4 Å². The summed E-state index contributed by atoms with van der Waals surface area (Å²) in [5.41, 5.74) is 0.350. The summed E-state index contributed by atoms with van der Waals surface area (Å²) in [5.74, 6) is 1.87. The predicted molar refractivity (Wildman–Crippen MR) is 94.3 cm³/mol. The molecule has 0 amide bonds. The minimum atomic E-state index is -3.89. The first-order valence-corrected chi connectivity index (χ1v) is 9.19. The molecule has 2 aromatic carbocycles. The molecular formula is C17H19NO7S. The Morgan fingerprint density at radius 2 is 1.50 bits per heavy atom. The van der Waals surface area contributed by atoms with Gasteiger partial charge in [0.2, 0.25) is 5.75 Å². The molecule has 0 saturated carbocycles. The molecule has 0 aromatic heterocycles. The van der Waals surface area contributed by atoms with Gasteiger partial charge in [0.25, 0.3) is 10.0 Å². The highest BCUT2D eigenvalue weighted by Gasteiger charge is 2.22. The van der Waals surface area contributed by atoms with Gasteiger partial charge >= 0.3 is 0 Å². The Balaban J connectivity index is 1.95. The smallest absolute Gasteiger partial charge is 0.262 e. The van der Waals surface area contributed by atoms with Crippen molar-refractivity contribution in [2.75, 3.05) is 39.3 Å². The maximum Gasteiger partial charge on any atom is 0.262 e. The number of sulfonamides is 1. The third kappa shape index (κ3) is 3.43. The van der Waals surface area contributed by atoms with Gasteiger partial charge in [-0.1, -0.05) is 0 Å². The van der Waals surface area contributed by atoms with E-state index >= 15 is 0 Å². The van der Waals surface area contributed by atoms with E-state index in [0.717, 1.165) is 0 Å². The van der Waals surface area contributed by atoms with Crippen LogP contribution in [0, 0.1) is 0 Å². The Morgan fingerprint density at radius 3 is 2.08 bits per heavy atom. The fourth-order valence-electron chi connectivity index (χ4n) is 2.53. The second-order valence-electron chi connectivity index (χ2n) is 5.32. The number of methoxy groups -OCH3 is 3. The third-order valence-corrected chi connectivity index (χ3v) is 5.10. The quantitative estimate of drug-likeness (QED) is 0.821. The monoisotopic (exact) mass is 381 g/mol. The van der Waals surface area contributed by atoms with Gasteiger partial charge in [-0.15, -0.1) is 0 Å². The van der Waals surface area contributed by atoms with Crippen LogP contribution in [0.3, 0.4) is 0 Å². The van der Waals surface area contributed by atoms with Crippen LogP contribution in [0.1, 0.15) is 0 Å². The topological polar surface area (TPSA) is 92.3 Å². The molecule has 1 N–H and O–H groups in total. The van der Waals surface area contributed by atoms with Crippen molar-refractivity contribution in [2.45, 2.75) is 4.90 Å². The normalized spacial score (nSPS) is 13.0. The number of anilines is 1. The number of hydrogen-bond acceptors (Lipinski definition) is 7. The Labute approximate surface area is 151 Å². The fraction of sp³-hybridized carbons (Fsp3) is 0.294. The van der Waals surface area contributed by atoms with Gasteiger partial charge in [0.1, 0.15) is 13.2 Å². The van der Waals surface area contributed by atoms with Crippen molar-refractivity contribution in [2.24, 2.45) is 0 Å². The van der Waals surface area contributed by atoms with Crippen molar-refractivity contribution in [3.63, 3.8) is 0 Å². The Kier molecular flexibility index (Phi) is 4.99. The maximum atomic E-state index is 12.8. The van der Waals surface area contributed by atoms with Crippen LogP contribution in [-0.4, -0.2) is 43.0 Å². The van der Waals surface area contributed by atoms with E-state index in [-0.39, 0.29) is 16.4 Å². The first kappa shape index (κ1) is 18.0. The van der Waals surface area contributed by atoms with Crippen molar-refractivity contribution >= 4 is 15.7 Å². The van der Waals surface area contributed by atoms with Crippen LogP contribution in [0.25, 0.3) is 0 Å². The molecule has 26 heavy (non-hydrogen) atoms. The molecule has 0 saturated heterocycles. The lowest BCUT2D eigenvalue weighted by atomic mass is 10.3. The van der Waals surface area contributed by atoms with E-state index in [4.69, 9.17) is 23.7 Å². The molecule has 0 unspecified atom stereocenters. The number of ether oxygens (including phenoxy) is 5. The third-order valence-electron chi connectivity index (χ3n) is 3.74. The molecule has 140 valence electrons. The van der Waals surface area contributed by atoms with Gasteiger partial charge in [0, 0.05) is 18.2 Å². The Morgan fingerprint density at radius 1 is 0.885 bits per heavy atom. The average Bonchev–Trinajstić information content (AvgIpc) is 2.66. The molecule has 9 heteroatoms. The van der Waals surface area contributed by atoms with Gasteiger partial charge in [-0.05, 0) is 12.1 Å². The van der Waals surface area contributed by atoms with E-state index in [9.17, 15) is 8.42 Å². The van der Waals surface area contributed by atoms with E-state index < -0.39 is 10.0 Å². The van der Waals surface area contributed by atoms with Crippen molar-refractivity contribution in [3.8, 4) is 28.7 Å². The Hall–Kier alpha value is -2.81. The second kappa shape index (κ2) is 7.20. The first-order valence-electron chi connectivity index (χ1n) is 7.71. The summed E-state index contributed by atoms with van der Waals surface area (Å²) < 4.78 is 54.6. The van der Waals surface area contributed by atoms with Gasteiger partial charge in [-0.25, -0.2) is 8.42 Å². The van der Waals surface area contributed by atoms with Crippen molar-refractivity contribution < 1.29 is 32.1 Å². The van der Waals surface area contributed by atoms with Crippen molar-refractivity contribution in [1.29, 1.82) is 0 Å². The molecule has 0 atom stereocenters. The SMILES string of the molecule is COc1cc(S(=O)(=O)Nc2ccc3c(c2)OCCO3)cc(OC)c1OC. The summed E-state index contributed by atoms with van der Waals surface area (Å²) in [4.78, 5) is -0.0260. The summed E-state index contributed by atoms with van der Waals surface area (Å²) >= 11 is 0. The highest BCUT2D eigenvalue weighted by Crippen LogP contribution is 2.40. The lowest BCUT2D eigenvalue weighted by molar-refractivity contribution is 0.171. The molecule has 0 aliphatic carbocycles. The minimum Gasteiger partial charge on any atom is -0.493 e. The van der Waals surface area contributed by atoms with Gasteiger partial charge in [0.05, 0.1) is 31.9 Å². The van der Waals surface area contributed by atoms with Crippen LogP contribution in [0.4, 0.5) is 5.69 Å². The number of hydrogen-bond donors (Lipinski definition) is 1. The zero-order valence-electron chi connectivity index (χ0n) is 14.6. The first-order chi connectivity index (χ1) is 12.5. The molecule has 0 fully saturated rings. The molecule has 0 bridgehead atoms. The van der Waals surface area contributed by atoms with Gasteiger partial charge in [-0.3, -0.25) is 4.72 Å². The molecule has 1 heterocycles. The molecule has 0 spiro atoms. The van der Waals surface area contributed by atoms with Crippen LogP contribution in [-0.2, 0) is 10.0 Å². The van der Waals surface area contributed by atoms with E-state index in [1.807, 2.05) is 0 Å². The second-order valence-corrected chi connectivity index (χ2v) is 7.01. The average molecular weight is 381 g/mol. The van der Waals surface area contributed by atoms with Crippen LogP contribution in [0.2, 0.25) is 0 Å². The maximum absolute atomic E-state index is 12.8. The number of benzene rings is 2. The zero-order valence-corrected chi connectivity index (χ0v) is 15.4. The number of nitrogens with one attached hydrogen (secondary N) is 1. The molecule has 1 aliphatic heterocycles. The summed E-state index contributed by atoms with van der Waals surface area (Å²) in [6.07, 6.45) is 0. The highest BCUT2D eigenvalue weighted by molar-refractivity contribution is 7.92. The van der Waals surface area contributed by atoms with Crippen molar-refractivity contribution in [1.82, 2.24) is 0 Å². The molecular weight excluding hydrogens is 362 g/mol. The van der Waals surface area contributed by atoms with E-state index in [1.54, 1.807) is 18.2 Å². The van der Waals surface area contributed by atoms with Gasteiger partial charge in [0.15, 0.2) is 23.0 Å². The molecule has 3 rings (SSSR count). The van der Waals surface area contributed by atoms with Gasteiger partial charge < -0.3 is 23.7 Å². The van der Waals surface area contributed by atoms with Gasteiger partial charge in [-0.2, -0.15) is 0 Å². The highest BCUT2D eigenvalue weighted by atomic mass is 32.2. The predicted octanol–water partition coefficient (Wildman–Crippen LogP) is 2.28. The lowest BCUT2D eigenvalue weighted by Gasteiger charge is -2.19. The fourth-order valence-corrected chi connectivity index (χ4v) is 3.61. The molecule has 1 aliphatic rings. The standard InChI is InChI=1S/C17H19NO7S/c1-21-15-9-12(10-16(22-2)17(15)23-3)26(19,20)18-11-4-5-13-14(8-11)25-7-6-24-13/h4-5,8-10,18H,6-7H2,1-3H3. The van der Waals surface area contributed by atoms with E-state index in [2.05, 4.69) is 4.72 Å². The van der Waals surface area contributed by atoms with Crippen molar-refractivity contribution in [3.05, 3.63) is 30.3 Å². The molecule has 8 nitrogen and oxygen atoms in total. The minimum absolute atomic E-state index is 0.0260. The van der Waals surface area contributed by atoms with Crippen LogP contribution in [0.15, 0.2) is 35.2 Å². The lowest BCUT2D eigenvalue weighted by Crippen LogP contribution is -2.17. The molecule has 2 aromatic rings.